The number of β-lactam (4-membered cyclic amide) rings is 1. The number of rotatable bonds is 5. The van der Waals surface area contributed by atoms with Crippen LogP contribution in [0.15, 0.2) is 30.3 Å². The van der Waals surface area contributed by atoms with Crippen LogP contribution < -0.4 is 5.32 Å². The molecule has 6 nitrogen and oxygen atoms in total. The highest BCUT2D eigenvalue weighted by Crippen LogP contribution is 2.51. The largest absolute Gasteiger partial charge is 0.460 e. The second-order valence-corrected chi connectivity index (χ2v) is 11.5. The lowest BCUT2D eigenvalue weighted by Crippen LogP contribution is -2.70. The number of nitrogens with zero attached hydrogens (tertiary/aromatic N) is 1. The van der Waals surface area contributed by atoms with Gasteiger partial charge in [-0.3, -0.25) is 9.59 Å². The number of hydrogen-bond donors (Lipinski definition) is 1. The molecule has 0 aromatic heterocycles. The fourth-order valence-corrected chi connectivity index (χ4v) is 5.15. The number of benzene rings is 1. The van der Waals surface area contributed by atoms with Crippen LogP contribution in [0.4, 0.5) is 0 Å². The number of hydrogen-bond acceptors (Lipinski definition) is 5. The van der Waals surface area contributed by atoms with Crippen LogP contribution in [0, 0.1) is 0 Å². The zero-order valence-electron chi connectivity index (χ0n) is 15.2. The summed E-state index contributed by atoms with van der Waals surface area (Å²) < 4.78 is 2.76. The van der Waals surface area contributed by atoms with E-state index in [9.17, 15) is 14.4 Å². The smallest absolute Gasteiger partial charge is 0.330 e. The molecule has 0 spiro atoms. The van der Waals surface area contributed by atoms with Gasteiger partial charge in [0.15, 0.2) is 0 Å². The van der Waals surface area contributed by atoms with Crippen molar-refractivity contribution in [1.29, 1.82) is 0 Å². The highest BCUT2D eigenvalue weighted by atomic mass is 35.6. The normalized spacial score (nSPS) is 25.7. The predicted octanol–water partition coefficient (Wildman–Crippen LogP) is 2.69. The molecule has 2 aliphatic heterocycles. The maximum Gasteiger partial charge on any atom is 0.330 e. The molecule has 1 N–H and O–H groups in total. The maximum atomic E-state index is 12.6. The van der Waals surface area contributed by atoms with E-state index in [0.29, 0.717) is 0 Å². The number of esters is 1. The van der Waals surface area contributed by atoms with Crippen molar-refractivity contribution in [2.75, 3.05) is 6.61 Å². The molecule has 3 rings (SSSR count). The molecule has 0 radical (unpaired) electrons. The molecule has 2 unspecified atom stereocenters. The number of thioether (sulfide) groups is 1. The van der Waals surface area contributed by atoms with Gasteiger partial charge in [0.2, 0.25) is 15.6 Å². The van der Waals surface area contributed by atoms with Gasteiger partial charge in [-0.05, 0) is 19.4 Å². The molecule has 2 amide bonds. The SMILES string of the molecule is CC1(C)S[C@H]2C(NC(=O)Cc3ccccc3)C(=O)N2C1C(=O)OCC(Cl)(Cl)Cl. The van der Waals surface area contributed by atoms with Gasteiger partial charge in [0, 0.05) is 4.75 Å². The lowest BCUT2D eigenvalue weighted by molar-refractivity contribution is -0.164. The molecule has 152 valence electrons. The minimum Gasteiger partial charge on any atom is -0.460 e. The second-order valence-electron chi connectivity index (χ2n) is 7.19. The molecule has 3 atom stereocenters. The van der Waals surface area contributed by atoms with Crippen molar-refractivity contribution >= 4 is 64.3 Å². The second kappa shape index (κ2) is 7.94. The molecule has 2 fully saturated rings. The first-order valence-electron chi connectivity index (χ1n) is 8.56. The average molecular weight is 466 g/mol. The van der Waals surface area contributed by atoms with E-state index in [2.05, 4.69) is 5.32 Å². The molecule has 0 bridgehead atoms. The highest BCUT2D eigenvalue weighted by Gasteiger charge is 2.64. The van der Waals surface area contributed by atoms with Gasteiger partial charge < -0.3 is 15.0 Å². The minimum absolute atomic E-state index is 0.181. The minimum atomic E-state index is -1.72. The summed E-state index contributed by atoms with van der Waals surface area (Å²) in [5, 5.41) is 2.43. The lowest BCUT2D eigenvalue weighted by Gasteiger charge is -2.44. The number of amides is 2. The highest BCUT2D eigenvalue weighted by molar-refractivity contribution is 8.01. The van der Waals surface area contributed by atoms with Gasteiger partial charge in [-0.2, -0.15) is 0 Å². The van der Waals surface area contributed by atoms with E-state index >= 15 is 0 Å². The first-order valence-corrected chi connectivity index (χ1v) is 10.6. The Morgan fingerprint density at radius 2 is 1.89 bits per heavy atom. The van der Waals surface area contributed by atoms with Crippen LogP contribution in [-0.2, 0) is 25.5 Å². The van der Waals surface area contributed by atoms with Gasteiger partial charge >= 0.3 is 5.97 Å². The fraction of sp³-hybridized carbons (Fsp3) is 0.500. The maximum absolute atomic E-state index is 12.6. The van der Waals surface area contributed by atoms with E-state index in [0.717, 1.165) is 5.56 Å². The van der Waals surface area contributed by atoms with Gasteiger partial charge in [0.1, 0.15) is 24.1 Å². The zero-order chi connectivity index (χ0) is 20.7. The standard InChI is InChI=1S/C18H19Cl3N2O4S/c1-17(2)13(16(26)27-9-18(19,20)21)23-14(25)12(15(23)28-17)22-11(24)8-10-6-4-3-5-7-10/h3-7,12-13,15H,8-9H2,1-2H3,(H,22,24)/t12?,13?,15-/m0/s1. The average Bonchev–Trinajstić information content (AvgIpc) is 2.86. The summed E-state index contributed by atoms with van der Waals surface area (Å²) in [6.07, 6.45) is 0.181. The van der Waals surface area contributed by atoms with Gasteiger partial charge in [0.25, 0.3) is 0 Å². The predicted molar refractivity (Wildman–Crippen MR) is 109 cm³/mol. The van der Waals surface area contributed by atoms with Crippen molar-refractivity contribution in [2.45, 2.75) is 46.3 Å². The Kier molecular flexibility index (Phi) is 6.11. The molecule has 2 heterocycles. The van der Waals surface area contributed by atoms with E-state index in [4.69, 9.17) is 39.5 Å². The Morgan fingerprint density at radius 1 is 1.25 bits per heavy atom. The monoisotopic (exact) mass is 464 g/mol. The zero-order valence-corrected chi connectivity index (χ0v) is 18.2. The molecule has 10 heteroatoms. The Labute approximate surface area is 182 Å². The summed E-state index contributed by atoms with van der Waals surface area (Å²) in [6.45, 7) is 3.28. The summed E-state index contributed by atoms with van der Waals surface area (Å²) in [5.74, 6) is -1.20. The number of ether oxygens (including phenoxy) is 1. The number of fused-ring (bicyclic) bond motifs is 1. The van der Waals surface area contributed by atoms with Crippen molar-refractivity contribution in [3.8, 4) is 0 Å². The molecule has 0 aliphatic carbocycles. The number of halogens is 3. The van der Waals surface area contributed by atoms with Crippen LogP contribution in [0.2, 0.25) is 0 Å². The summed E-state index contributed by atoms with van der Waals surface area (Å²) in [5.41, 5.74) is 0.858. The quantitative estimate of drug-likeness (QED) is 0.411. The Morgan fingerprint density at radius 3 is 2.50 bits per heavy atom. The van der Waals surface area contributed by atoms with Crippen molar-refractivity contribution < 1.29 is 19.1 Å². The number of carbonyl (C=O) groups is 3. The molecule has 1 aromatic carbocycles. The third-order valence-corrected chi connectivity index (χ3v) is 6.47. The molecular weight excluding hydrogens is 447 g/mol. The van der Waals surface area contributed by atoms with E-state index in [1.54, 1.807) is 0 Å². The van der Waals surface area contributed by atoms with Crippen LogP contribution in [0.1, 0.15) is 19.4 Å². The molecule has 1 aromatic rings. The summed E-state index contributed by atoms with van der Waals surface area (Å²) in [6, 6.07) is 7.77. The Bertz CT molecular complexity index is 785. The van der Waals surface area contributed by atoms with Crippen LogP contribution in [-0.4, -0.2) is 55.3 Å². The number of nitrogens with one attached hydrogen (secondary N) is 1. The Balaban J connectivity index is 1.64. The van der Waals surface area contributed by atoms with E-state index < -0.39 is 33.2 Å². The molecule has 2 saturated heterocycles. The fourth-order valence-electron chi connectivity index (χ4n) is 3.36. The number of alkyl halides is 3. The van der Waals surface area contributed by atoms with Crippen LogP contribution in [0.25, 0.3) is 0 Å². The topological polar surface area (TPSA) is 75.7 Å². The molecule has 28 heavy (non-hydrogen) atoms. The lowest BCUT2D eigenvalue weighted by atomic mass is 9.96. The third-order valence-electron chi connectivity index (χ3n) is 4.57. The van der Waals surface area contributed by atoms with E-state index in [1.165, 1.54) is 16.7 Å². The van der Waals surface area contributed by atoms with E-state index in [1.807, 2.05) is 44.2 Å². The van der Waals surface area contributed by atoms with Crippen LogP contribution in [0.5, 0.6) is 0 Å². The van der Waals surface area contributed by atoms with Crippen molar-refractivity contribution in [1.82, 2.24) is 10.2 Å². The molecular formula is C18H19Cl3N2O4S. The van der Waals surface area contributed by atoms with Crippen LogP contribution >= 0.6 is 46.6 Å². The van der Waals surface area contributed by atoms with Crippen molar-refractivity contribution in [3.05, 3.63) is 35.9 Å². The van der Waals surface area contributed by atoms with Gasteiger partial charge in [-0.15, -0.1) is 11.8 Å². The van der Waals surface area contributed by atoms with Gasteiger partial charge in [-0.25, -0.2) is 4.79 Å². The van der Waals surface area contributed by atoms with Crippen molar-refractivity contribution in [3.63, 3.8) is 0 Å². The number of carbonyl (C=O) groups excluding carboxylic acids is 3. The molecule has 2 aliphatic rings. The van der Waals surface area contributed by atoms with Crippen molar-refractivity contribution in [2.24, 2.45) is 0 Å². The first-order chi connectivity index (χ1) is 13.0. The Hall–Kier alpha value is -1.15. The third kappa shape index (κ3) is 4.53. The van der Waals surface area contributed by atoms with Gasteiger partial charge in [0.05, 0.1) is 6.42 Å². The van der Waals surface area contributed by atoms with Crippen LogP contribution in [0.3, 0.4) is 0 Å². The van der Waals surface area contributed by atoms with Gasteiger partial charge in [-0.1, -0.05) is 65.1 Å². The summed E-state index contributed by atoms with van der Waals surface area (Å²) in [7, 11) is 0. The molecule has 0 saturated carbocycles. The summed E-state index contributed by atoms with van der Waals surface area (Å²) in [4.78, 5) is 38.9. The first kappa shape index (κ1) is 21.6. The summed E-state index contributed by atoms with van der Waals surface area (Å²) >= 11 is 18.3. The van der Waals surface area contributed by atoms with E-state index in [-0.39, 0.29) is 23.6 Å².